The van der Waals surface area contributed by atoms with E-state index in [4.69, 9.17) is 5.11 Å². The molecule has 1 aliphatic rings. The van der Waals surface area contributed by atoms with Crippen LogP contribution in [-0.4, -0.2) is 17.3 Å². The molecule has 0 heterocycles. The first-order valence-electron chi connectivity index (χ1n) is 5.35. The number of carboxylic acid groups (broad SMARTS) is 1. The Bertz CT molecular complexity index is 426. The zero-order valence-electron chi connectivity index (χ0n) is 9.73. The summed E-state index contributed by atoms with van der Waals surface area (Å²) in [6.45, 7) is 4.06. The normalized spacial score (nSPS) is 26.4. The molecule has 0 spiro atoms. The van der Waals surface area contributed by atoms with Crippen LogP contribution in [0, 0.1) is 11.3 Å². The Labute approximate surface area is 100 Å². The van der Waals surface area contributed by atoms with E-state index < -0.39 is 5.97 Å². The maximum atomic E-state index is 11.1. The lowest BCUT2D eigenvalue weighted by Crippen LogP contribution is -2.03. The van der Waals surface area contributed by atoms with Crippen molar-refractivity contribution in [2.24, 2.45) is 11.3 Å². The lowest BCUT2D eigenvalue weighted by Gasteiger charge is -2.04. The fraction of sp³-hybridized carbons (Fsp3) is 0.462. The highest BCUT2D eigenvalue weighted by atomic mass is 32.2. The SMILES string of the molecule is CSc1cccc(C2C(C(=O)O)C2(C)C)c1. The van der Waals surface area contributed by atoms with E-state index in [1.165, 1.54) is 4.90 Å². The molecule has 1 N–H and O–H groups in total. The van der Waals surface area contributed by atoms with Crippen molar-refractivity contribution in [3.8, 4) is 0 Å². The van der Waals surface area contributed by atoms with E-state index in [-0.39, 0.29) is 17.3 Å². The average Bonchev–Trinajstić information content (AvgIpc) is 2.82. The number of aliphatic carboxylic acids is 1. The number of hydrogen-bond donors (Lipinski definition) is 1. The molecule has 0 radical (unpaired) electrons. The summed E-state index contributed by atoms with van der Waals surface area (Å²) in [5.41, 5.74) is 1.05. The summed E-state index contributed by atoms with van der Waals surface area (Å²) in [7, 11) is 0. The fourth-order valence-corrected chi connectivity index (χ4v) is 3.02. The third-order valence-corrected chi connectivity index (χ3v) is 4.27. The molecule has 0 aliphatic heterocycles. The molecular formula is C13H16O2S. The number of thioether (sulfide) groups is 1. The summed E-state index contributed by atoms with van der Waals surface area (Å²) in [5, 5.41) is 9.14. The molecule has 0 aromatic heterocycles. The highest BCUT2D eigenvalue weighted by molar-refractivity contribution is 7.98. The monoisotopic (exact) mass is 236 g/mol. The Morgan fingerprint density at radius 2 is 2.12 bits per heavy atom. The lowest BCUT2D eigenvalue weighted by molar-refractivity contribution is -0.139. The molecule has 2 nitrogen and oxygen atoms in total. The molecule has 1 aliphatic carbocycles. The summed E-state index contributed by atoms with van der Waals surface area (Å²) in [6, 6.07) is 8.21. The van der Waals surface area contributed by atoms with E-state index in [1.54, 1.807) is 11.8 Å². The zero-order valence-corrected chi connectivity index (χ0v) is 10.5. The molecule has 86 valence electrons. The summed E-state index contributed by atoms with van der Waals surface area (Å²) < 4.78 is 0. The van der Waals surface area contributed by atoms with Gasteiger partial charge in [-0.3, -0.25) is 4.79 Å². The molecule has 2 rings (SSSR count). The van der Waals surface area contributed by atoms with Crippen molar-refractivity contribution in [1.29, 1.82) is 0 Å². The Kier molecular flexibility index (Phi) is 2.74. The van der Waals surface area contributed by atoms with Crippen molar-refractivity contribution in [1.82, 2.24) is 0 Å². The first kappa shape index (κ1) is 11.5. The second-order valence-electron chi connectivity index (χ2n) is 4.89. The molecule has 1 fully saturated rings. The first-order valence-corrected chi connectivity index (χ1v) is 6.57. The molecule has 16 heavy (non-hydrogen) atoms. The van der Waals surface area contributed by atoms with Gasteiger partial charge in [-0.1, -0.05) is 26.0 Å². The van der Waals surface area contributed by atoms with Gasteiger partial charge >= 0.3 is 5.97 Å². The van der Waals surface area contributed by atoms with Crippen molar-refractivity contribution in [2.45, 2.75) is 24.7 Å². The quantitative estimate of drug-likeness (QED) is 0.819. The van der Waals surface area contributed by atoms with Crippen LogP contribution < -0.4 is 0 Å². The van der Waals surface area contributed by atoms with E-state index in [0.717, 1.165) is 5.56 Å². The average molecular weight is 236 g/mol. The van der Waals surface area contributed by atoms with Crippen molar-refractivity contribution < 1.29 is 9.90 Å². The van der Waals surface area contributed by atoms with Crippen molar-refractivity contribution >= 4 is 17.7 Å². The molecule has 1 aromatic carbocycles. The van der Waals surface area contributed by atoms with Gasteiger partial charge < -0.3 is 5.11 Å². The highest BCUT2D eigenvalue weighted by Crippen LogP contribution is 2.64. The molecule has 0 saturated heterocycles. The van der Waals surface area contributed by atoms with Crippen LogP contribution in [0.5, 0.6) is 0 Å². The predicted molar refractivity (Wildman–Crippen MR) is 65.9 cm³/mol. The summed E-state index contributed by atoms with van der Waals surface area (Å²) >= 11 is 1.69. The number of rotatable bonds is 3. The van der Waals surface area contributed by atoms with Crippen molar-refractivity contribution in [2.75, 3.05) is 6.26 Å². The van der Waals surface area contributed by atoms with E-state index in [0.29, 0.717) is 0 Å². The minimum absolute atomic E-state index is 0.108. The molecule has 0 bridgehead atoms. The minimum atomic E-state index is -0.676. The van der Waals surface area contributed by atoms with Gasteiger partial charge in [0.25, 0.3) is 0 Å². The van der Waals surface area contributed by atoms with Crippen LogP contribution in [0.15, 0.2) is 29.2 Å². The van der Waals surface area contributed by atoms with Gasteiger partial charge in [0, 0.05) is 10.8 Å². The van der Waals surface area contributed by atoms with Crippen LogP contribution in [0.1, 0.15) is 25.3 Å². The van der Waals surface area contributed by atoms with Gasteiger partial charge in [-0.2, -0.15) is 0 Å². The van der Waals surface area contributed by atoms with Gasteiger partial charge in [0.15, 0.2) is 0 Å². The van der Waals surface area contributed by atoms with Crippen LogP contribution in [0.3, 0.4) is 0 Å². The van der Waals surface area contributed by atoms with Gasteiger partial charge in [0.05, 0.1) is 5.92 Å². The largest absolute Gasteiger partial charge is 0.481 e. The Morgan fingerprint density at radius 3 is 2.62 bits per heavy atom. The topological polar surface area (TPSA) is 37.3 Å². The molecule has 3 heteroatoms. The summed E-state index contributed by atoms with van der Waals surface area (Å²) in [5.74, 6) is -0.744. The van der Waals surface area contributed by atoms with Gasteiger partial charge in [-0.05, 0) is 29.4 Å². The van der Waals surface area contributed by atoms with Gasteiger partial charge in [0.2, 0.25) is 0 Å². The maximum absolute atomic E-state index is 11.1. The fourth-order valence-electron chi connectivity index (χ4n) is 2.56. The first-order chi connectivity index (χ1) is 7.48. The van der Waals surface area contributed by atoms with Gasteiger partial charge in [-0.25, -0.2) is 0 Å². The maximum Gasteiger partial charge on any atom is 0.307 e. The second kappa shape index (κ2) is 3.81. The molecule has 1 aromatic rings. The minimum Gasteiger partial charge on any atom is -0.481 e. The third-order valence-electron chi connectivity index (χ3n) is 3.55. The third kappa shape index (κ3) is 1.73. The molecule has 2 atom stereocenters. The van der Waals surface area contributed by atoms with E-state index in [2.05, 4.69) is 12.1 Å². The predicted octanol–water partition coefficient (Wildman–Crippen LogP) is 3.23. The second-order valence-corrected chi connectivity index (χ2v) is 5.77. The van der Waals surface area contributed by atoms with E-state index in [1.807, 2.05) is 32.2 Å². The Hall–Kier alpha value is -0.960. The molecular weight excluding hydrogens is 220 g/mol. The summed E-state index contributed by atoms with van der Waals surface area (Å²) in [4.78, 5) is 12.3. The van der Waals surface area contributed by atoms with Crippen LogP contribution in [0.4, 0.5) is 0 Å². The molecule has 0 amide bonds. The Morgan fingerprint density at radius 1 is 1.44 bits per heavy atom. The van der Waals surface area contributed by atoms with E-state index >= 15 is 0 Å². The molecule has 1 saturated carbocycles. The Balaban J connectivity index is 2.29. The van der Waals surface area contributed by atoms with Crippen molar-refractivity contribution in [3.05, 3.63) is 29.8 Å². The lowest BCUT2D eigenvalue weighted by atomic mass is 10.0. The van der Waals surface area contributed by atoms with Crippen molar-refractivity contribution in [3.63, 3.8) is 0 Å². The highest BCUT2D eigenvalue weighted by Gasteiger charge is 2.62. The molecule has 2 unspecified atom stereocenters. The number of carboxylic acids is 1. The standard InChI is InChI=1S/C13H16O2S/c1-13(2)10(11(13)12(14)15)8-5-4-6-9(7-8)16-3/h4-7,10-11H,1-3H3,(H,14,15). The van der Waals surface area contributed by atoms with Crippen LogP contribution in [0.25, 0.3) is 0 Å². The van der Waals surface area contributed by atoms with Crippen LogP contribution in [-0.2, 0) is 4.79 Å². The zero-order chi connectivity index (χ0) is 11.9. The van der Waals surface area contributed by atoms with Crippen LogP contribution >= 0.6 is 11.8 Å². The van der Waals surface area contributed by atoms with E-state index in [9.17, 15) is 4.79 Å². The van der Waals surface area contributed by atoms with Crippen LogP contribution in [0.2, 0.25) is 0 Å². The number of carbonyl (C=O) groups is 1. The number of benzene rings is 1. The smallest absolute Gasteiger partial charge is 0.307 e. The number of hydrogen-bond acceptors (Lipinski definition) is 2. The van der Waals surface area contributed by atoms with Gasteiger partial charge in [-0.15, -0.1) is 11.8 Å². The van der Waals surface area contributed by atoms with Gasteiger partial charge in [0.1, 0.15) is 0 Å². The summed E-state index contributed by atoms with van der Waals surface area (Å²) in [6.07, 6.45) is 2.03.